The minimum absolute atomic E-state index is 0.342. The molecule has 172 valence electrons. The highest BCUT2D eigenvalue weighted by Gasteiger charge is 2.21. The van der Waals surface area contributed by atoms with Gasteiger partial charge in [0.2, 0.25) is 0 Å². The lowest BCUT2D eigenvalue weighted by Crippen LogP contribution is -2.27. The van der Waals surface area contributed by atoms with Crippen molar-refractivity contribution in [1.29, 1.82) is 0 Å². The molecule has 0 aliphatic heterocycles. The Morgan fingerprint density at radius 2 is 1.94 bits per heavy atom. The summed E-state index contributed by atoms with van der Waals surface area (Å²) in [6, 6.07) is 9.40. The number of carbonyl (C=O) groups excluding carboxylic acids is 1. The number of nitrogens with one attached hydrogen (secondary N) is 1. The summed E-state index contributed by atoms with van der Waals surface area (Å²) < 4.78 is 14.4. The van der Waals surface area contributed by atoms with Gasteiger partial charge in [-0.05, 0) is 57.5 Å². The fourth-order valence-electron chi connectivity index (χ4n) is 3.53. The van der Waals surface area contributed by atoms with Gasteiger partial charge < -0.3 is 15.2 Å². The van der Waals surface area contributed by atoms with Crippen LogP contribution >= 0.6 is 0 Å². The van der Waals surface area contributed by atoms with E-state index in [-0.39, 0.29) is 0 Å². The first-order valence-electron chi connectivity index (χ1n) is 10.4. The average molecular weight is 450 g/mol. The normalized spacial score (nSPS) is 11.6. The van der Waals surface area contributed by atoms with Crippen LogP contribution in [0.25, 0.3) is 28.0 Å². The summed E-state index contributed by atoms with van der Waals surface area (Å²) in [4.78, 5) is 16.4. The Morgan fingerprint density at radius 1 is 1.18 bits per heavy atom. The molecule has 0 radical (unpaired) electrons. The zero-order valence-electron chi connectivity index (χ0n) is 19.5. The number of benzene rings is 1. The van der Waals surface area contributed by atoms with E-state index in [1.807, 2.05) is 38.2 Å². The summed E-state index contributed by atoms with van der Waals surface area (Å²) in [6.45, 7) is 7.40. The molecule has 33 heavy (non-hydrogen) atoms. The Labute approximate surface area is 191 Å². The predicted molar refractivity (Wildman–Crippen MR) is 126 cm³/mol. The molecule has 0 aliphatic rings. The summed E-state index contributed by atoms with van der Waals surface area (Å²) in [5, 5.41) is 11.7. The number of hydrogen-bond acceptors (Lipinski definition) is 7. The Bertz CT molecular complexity index is 1330. The first-order valence-corrected chi connectivity index (χ1v) is 10.4. The van der Waals surface area contributed by atoms with E-state index in [1.54, 1.807) is 36.0 Å². The van der Waals surface area contributed by atoms with Crippen LogP contribution < -0.4 is 15.8 Å². The fraction of sp³-hybridized carbons (Fsp3) is 0.304. The van der Waals surface area contributed by atoms with E-state index in [0.29, 0.717) is 22.8 Å². The van der Waals surface area contributed by atoms with Crippen LogP contribution in [0.2, 0.25) is 0 Å². The molecule has 1 aromatic carbocycles. The molecule has 0 saturated heterocycles. The maximum absolute atomic E-state index is 12.2. The lowest BCUT2D eigenvalue weighted by Gasteiger charge is -2.20. The Balaban J connectivity index is 1.80. The second kappa shape index (κ2) is 8.12. The Morgan fingerprint density at radius 3 is 2.58 bits per heavy atom. The van der Waals surface area contributed by atoms with Gasteiger partial charge in [-0.25, -0.2) is 14.3 Å². The van der Waals surface area contributed by atoms with Crippen LogP contribution in [0.4, 0.5) is 16.3 Å². The van der Waals surface area contributed by atoms with Crippen LogP contribution in [0.5, 0.6) is 5.75 Å². The smallest absolute Gasteiger partial charge is 0.412 e. The number of methoxy groups -OCH3 is 1. The monoisotopic (exact) mass is 449 g/mol. The maximum atomic E-state index is 12.2. The van der Waals surface area contributed by atoms with Gasteiger partial charge in [0.05, 0.1) is 18.5 Å². The molecule has 0 bridgehead atoms. The number of fused-ring (bicyclic) bond motifs is 1. The first kappa shape index (κ1) is 22.1. The van der Waals surface area contributed by atoms with Crippen molar-refractivity contribution in [3.8, 4) is 28.3 Å². The molecule has 0 unspecified atom stereocenters. The number of carbonyl (C=O) groups is 1. The second-order valence-electron chi connectivity index (χ2n) is 8.69. The third-order valence-corrected chi connectivity index (χ3v) is 5.11. The van der Waals surface area contributed by atoms with Crippen molar-refractivity contribution >= 4 is 23.1 Å². The van der Waals surface area contributed by atoms with Gasteiger partial charge in [0.15, 0.2) is 5.82 Å². The zero-order chi connectivity index (χ0) is 23.9. The van der Waals surface area contributed by atoms with Crippen molar-refractivity contribution in [2.24, 2.45) is 7.05 Å². The summed E-state index contributed by atoms with van der Waals surface area (Å²) in [7, 11) is 3.43. The van der Waals surface area contributed by atoms with Gasteiger partial charge in [0.25, 0.3) is 0 Å². The maximum Gasteiger partial charge on any atom is 0.412 e. The van der Waals surface area contributed by atoms with Crippen molar-refractivity contribution in [2.75, 3.05) is 18.2 Å². The third-order valence-electron chi connectivity index (χ3n) is 5.11. The topological polar surface area (TPSA) is 122 Å². The van der Waals surface area contributed by atoms with Crippen LogP contribution in [-0.2, 0) is 11.8 Å². The van der Waals surface area contributed by atoms with E-state index in [4.69, 9.17) is 15.2 Å². The summed E-state index contributed by atoms with van der Waals surface area (Å²) >= 11 is 0. The molecule has 3 N–H and O–H groups in total. The van der Waals surface area contributed by atoms with Gasteiger partial charge >= 0.3 is 6.09 Å². The van der Waals surface area contributed by atoms with Crippen molar-refractivity contribution in [3.63, 3.8) is 0 Å². The summed E-state index contributed by atoms with van der Waals surface area (Å²) in [6.07, 6.45) is 0.855. The number of nitrogens with zero attached hydrogens (tertiary/aromatic N) is 5. The average Bonchev–Trinajstić information content (AvgIpc) is 3.28. The van der Waals surface area contributed by atoms with E-state index in [1.165, 1.54) is 13.4 Å². The number of hydrogen-bond donors (Lipinski definition) is 2. The highest BCUT2D eigenvalue weighted by Crippen LogP contribution is 2.37. The fourth-order valence-corrected chi connectivity index (χ4v) is 3.53. The third kappa shape index (κ3) is 4.32. The predicted octanol–water partition coefficient (Wildman–Crippen LogP) is 4.04. The quantitative estimate of drug-likeness (QED) is 0.482. The van der Waals surface area contributed by atoms with Crippen molar-refractivity contribution < 1.29 is 14.3 Å². The number of nitrogen functional groups attached to an aromatic ring is 1. The van der Waals surface area contributed by atoms with E-state index in [2.05, 4.69) is 20.5 Å². The first-order chi connectivity index (χ1) is 15.6. The number of amides is 1. The molecule has 10 nitrogen and oxygen atoms in total. The molecule has 0 aliphatic carbocycles. The lowest BCUT2D eigenvalue weighted by atomic mass is 10.1. The van der Waals surface area contributed by atoms with Crippen molar-refractivity contribution in [3.05, 3.63) is 42.4 Å². The van der Waals surface area contributed by atoms with Crippen molar-refractivity contribution in [2.45, 2.75) is 33.3 Å². The van der Waals surface area contributed by atoms with E-state index >= 15 is 0 Å². The van der Waals surface area contributed by atoms with Crippen LogP contribution in [0.1, 0.15) is 26.5 Å². The molecule has 4 aromatic rings. The largest absolute Gasteiger partial charge is 0.495 e. The number of ether oxygens (including phenoxy) is 2. The minimum Gasteiger partial charge on any atom is -0.495 e. The van der Waals surface area contributed by atoms with Crippen LogP contribution in [0, 0.1) is 6.92 Å². The number of nitrogens with two attached hydrogens (primary N) is 1. The van der Waals surface area contributed by atoms with Gasteiger partial charge in [-0.3, -0.25) is 10.00 Å². The number of anilines is 2. The molecule has 10 heteroatoms. The standard InChI is InChI=1S/C23H27N7O3/c1-13-9-17(28-29(13)5)18-11-15(20-21(24)25-12-26-30(18)20)14-7-8-16(19(10-14)32-6)27-22(31)33-23(2,3)4/h7-12H,1-6H3,(H,27,31)(H2,24,25,26). The minimum atomic E-state index is -0.611. The Kier molecular flexibility index (Phi) is 5.44. The Hall–Kier alpha value is -4.08. The molecule has 3 aromatic heterocycles. The van der Waals surface area contributed by atoms with Gasteiger partial charge in [0, 0.05) is 18.3 Å². The molecule has 4 rings (SSSR count). The highest BCUT2D eigenvalue weighted by atomic mass is 16.6. The van der Waals surface area contributed by atoms with E-state index in [9.17, 15) is 4.79 Å². The number of aromatic nitrogens is 5. The van der Waals surface area contributed by atoms with Gasteiger partial charge in [-0.1, -0.05) is 6.07 Å². The van der Waals surface area contributed by atoms with Gasteiger partial charge in [-0.15, -0.1) is 0 Å². The number of aryl methyl sites for hydroxylation is 2. The second-order valence-corrected chi connectivity index (χ2v) is 8.69. The molecular weight excluding hydrogens is 422 g/mol. The number of rotatable bonds is 4. The summed E-state index contributed by atoms with van der Waals surface area (Å²) in [5.41, 5.74) is 11.0. The highest BCUT2D eigenvalue weighted by molar-refractivity contribution is 5.93. The van der Waals surface area contributed by atoms with Crippen LogP contribution in [0.3, 0.4) is 0 Å². The van der Waals surface area contributed by atoms with Gasteiger partial charge in [-0.2, -0.15) is 10.2 Å². The molecule has 0 spiro atoms. The molecule has 3 heterocycles. The SMILES string of the molecule is COc1cc(-c2cc(-c3cc(C)n(C)n3)n3ncnc(N)c23)ccc1NC(=O)OC(C)(C)C. The van der Waals surface area contributed by atoms with Crippen molar-refractivity contribution in [1.82, 2.24) is 24.4 Å². The lowest BCUT2D eigenvalue weighted by molar-refractivity contribution is 0.0635. The summed E-state index contributed by atoms with van der Waals surface area (Å²) in [5.74, 6) is 0.817. The zero-order valence-corrected chi connectivity index (χ0v) is 19.5. The molecule has 0 atom stereocenters. The molecule has 0 saturated carbocycles. The van der Waals surface area contributed by atoms with Crippen LogP contribution in [-0.4, -0.2) is 43.2 Å². The van der Waals surface area contributed by atoms with Gasteiger partial charge in [0.1, 0.15) is 28.9 Å². The molecule has 0 fully saturated rings. The van der Waals surface area contributed by atoms with Crippen LogP contribution in [0.15, 0.2) is 36.7 Å². The van der Waals surface area contributed by atoms with E-state index < -0.39 is 11.7 Å². The van der Waals surface area contributed by atoms with E-state index in [0.717, 1.165) is 28.2 Å². The molecular formula is C23H27N7O3. The molecule has 1 amide bonds.